The van der Waals surface area contributed by atoms with Gasteiger partial charge in [0.05, 0.1) is 27.2 Å². The SMILES string of the molecule is C[C@H](Sc1nc2ccccc2c(=O)n1CCCO)c1nc2ccccc2n1C(F)F. The van der Waals surface area contributed by atoms with Crippen molar-refractivity contribution in [2.24, 2.45) is 0 Å². The zero-order valence-electron chi connectivity index (χ0n) is 16.2. The number of benzene rings is 2. The topological polar surface area (TPSA) is 72.9 Å². The van der Waals surface area contributed by atoms with Crippen LogP contribution in [0.25, 0.3) is 21.9 Å². The Morgan fingerprint density at radius 1 is 1.07 bits per heavy atom. The number of hydrogen-bond donors (Lipinski definition) is 1. The van der Waals surface area contributed by atoms with Crippen molar-refractivity contribution in [3.8, 4) is 0 Å². The summed E-state index contributed by atoms with van der Waals surface area (Å²) in [6.07, 6.45) is 0.386. The van der Waals surface area contributed by atoms with Crippen molar-refractivity contribution in [1.29, 1.82) is 0 Å². The van der Waals surface area contributed by atoms with Crippen molar-refractivity contribution in [2.45, 2.75) is 36.8 Å². The molecular weight excluding hydrogens is 410 g/mol. The molecule has 0 saturated heterocycles. The van der Waals surface area contributed by atoms with Crippen LogP contribution in [0.2, 0.25) is 0 Å². The van der Waals surface area contributed by atoms with Crippen molar-refractivity contribution in [1.82, 2.24) is 19.1 Å². The fraction of sp³-hybridized carbons (Fsp3) is 0.286. The highest BCUT2D eigenvalue weighted by molar-refractivity contribution is 7.99. The monoisotopic (exact) mass is 430 g/mol. The number of aliphatic hydroxyl groups is 1. The molecule has 4 aromatic rings. The van der Waals surface area contributed by atoms with Crippen molar-refractivity contribution < 1.29 is 13.9 Å². The zero-order chi connectivity index (χ0) is 21.3. The molecule has 0 spiro atoms. The van der Waals surface area contributed by atoms with Gasteiger partial charge in [-0.25, -0.2) is 9.97 Å². The van der Waals surface area contributed by atoms with E-state index in [4.69, 9.17) is 0 Å². The molecule has 9 heteroatoms. The fourth-order valence-electron chi connectivity index (χ4n) is 3.43. The number of aliphatic hydroxyl groups excluding tert-OH is 1. The molecule has 0 amide bonds. The minimum atomic E-state index is -2.74. The van der Waals surface area contributed by atoms with Crippen LogP contribution in [0.1, 0.15) is 31.0 Å². The summed E-state index contributed by atoms with van der Waals surface area (Å²) in [5.41, 5.74) is 1.18. The van der Waals surface area contributed by atoms with E-state index >= 15 is 0 Å². The van der Waals surface area contributed by atoms with Gasteiger partial charge >= 0.3 is 6.55 Å². The van der Waals surface area contributed by atoms with Gasteiger partial charge < -0.3 is 5.11 Å². The second kappa shape index (κ2) is 8.53. The Hall–Kier alpha value is -2.78. The summed E-state index contributed by atoms with van der Waals surface area (Å²) >= 11 is 1.20. The lowest BCUT2D eigenvalue weighted by Crippen LogP contribution is -2.24. The molecule has 4 rings (SSSR count). The van der Waals surface area contributed by atoms with Gasteiger partial charge in [0.25, 0.3) is 5.56 Å². The second-order valence-electron chi connectivity index (χ2n) is 6.81. The maximum Gasteiger partial charge on any atom is 0.320 e. The van der Waals surface area contributed by atoms with Gasteiger partial charge in [0.2, 0.25) is 0 Å². The molecule has 2 aromatic heterocycles. The molecule has 0 aliphatic heterocycles. The summed E-state index contributed by atoms with van der Waals surface area (Å²) in [6.45, 7) is -0.757. The number of rotatable bonds is 7. The number of thioether (sulfide) groups is 1. The molecule has 0 bridgehead atoms. The Bertz CT molecular complexity index is 1250. The lowest BCUT2D eigenvalue weighted by Gasteiger charge is -2.17. The van der Waals surface area contributed by atoms with Gasteiger partial charge in [-0.2, -0.15) is 8.78 Å². The van der Waals surface area contributed by atoms with Crippen molar-refractivity contribution in [2.75, 3.05) is 6.61 Å². The quantitative estimate of drug-likeness (QED) is 0.348. The van der Waals surface area contributed by atoms with E-state index in [0.717, 1.165) is 4.57 Å². The molecule has 6 nitrogen and oxygen atoms in total. The van der Waals surface area contributed by atoms with E-state index in [1.54, 1.807) is 55.5 Å². The van der Waals surface area contributed by atoms with E-state index in [0.29, 0.717) is 33.5 Å². The molecule has 0 aliphatic carbocycles. The molecular formula is C21H20F2N4O2S. The minimum Gasteiger partial charge on any atom is -0.396 e. The van der Waals surface area contributed by atoms with Crippen molar-refractivity contribution in [3.63, 3.8) is 0 Å². The summed E-state index contributed by atoms with van der Waals surface area (Å²) in [5.74, 6) is 0.215. The molecule has 156 valence electrons. The molecule has 0 saturated carbocycles. The first kappa shape index (κ1) is 20.5. The summed E-state index contributed by atoms with van der Waals surface area (Å²) in [4.78, 5) is 22.0. The highest BCUT2D eigenvalue weighted by Gasteiger charge is 2.24. The number of alkyl halides is 2. The first-order chi connectivity index (χ1) is 14.5. The Kier molecular flexibility index (Phi) is 5.83. The third-order valence-corrected chi connectivity index (χ3v) is 5.92. The van der Waals surface area contributed by atoms with E-state index in [1.807, 2.05) is 0 Å². The maximum atomic E-state index is 13.8. The van der Waals surface area contributed by atoms with Gasteiger partial charge in [-0.15, -0.1) is 0 Å². The molecule has 1 N–H and O–H groups in total. The standard InChI is InChI=1S/C21H20F2N4O2S/c1-13(18-24-16-9-4-5-10-17(16)27(18)20(22)23)30-21-25-15-8-3-2-7-14(15)19(29)26(21)11-6-12-28/h2-5,7-10,13,20,28H,6,11-12H2,1H3/t13-/m0/s1. The average Bonchev–Trinajstić information content (AvgIpc) is 3.14. The summed E-state index contributed by atoms with van der Waals surface area (Å²) in [7, 11) is 0. The van der Waals surface area contributed by atoms with E-state index in [2.05, 4.69) is 9.97 Å². The van der Waals surface area contributed by atoms with Crippen LogP contribution in [0.3, 0.4) is 0 Å². The number of para-hydroxylation sites is 3. The largest absolute Gasteiger partial charge is 0.396 e. The van der Waals surface area contributed by atoms with E-state index < -0.39 is 11.8 Å². The number of nitrogens with zero attached hydrogens (tertiary/aromatic N) is 4. The predicted molar refractivity (Wildman–Crippen MR) is 113 cm³/mol. The normalized spacial score (nSPS) is 12.8. The summed E-state index contributed by atoms with van der Waals surface area (Å²) in [5, 5.41) is 9.62. The Morgan fingerprint density at radius 3 is 2.50 bits per heavy atom. The van der Waals surface area contributed by atoms with Gasteiger partial charge in [-0.05, 0) is 37.6 Å². The number of fused-ring (bicyclic) bond motifs is 2. The number of hydrogen-bond acceptors (Lipinski definition) is 5. The van der Waals surface area contributed by atoms with Gasteiger partial charge in [-0.3, -0.25) is 13.9 Å². The van der Waals surface area contributed by atoms with Crippen LogP contribution in [-0.2, 0) is 6.54 Å². The van der Waals surface area contributed by atoms with Crippen LogP contribution < -0.4 is 5.56 Å². The van der Waals surface area contributed by atoms with Crippen LogP contribution in [0.4, 0.5) is 8.78 Å². The Labute approximate surface area is 175 Å². The molecule has 0 radical (unpaired) electrons. The summed E-state index contributed by atoms with van der Waals surface area (Å²) in [6, 6.07) is 13.8. The maximum absolute atomic E-state index is 13.8. The minimum absolute atomic E-state index is 0.0693. The lowest BCUT2D eigenvalue weighted by molar-refractivity contribution is 0.0715. The third kappa shape index (κ3) is 3.70. The molecule has 30 heavy (non-hydrogen) atoms. The summed E-state index contributed by atoms with van der Waals surface area (Å²) < 4.78 is 30.1. The predicted octanol–water partition coefficient (Wildman–Crippen LogP) is 4.38. The first-order valence-electron chi connectivity index (χ1n) is 9.53. The highest BCUT2D eigenvalue weighted by Crippen LogP contribution is 2.37. The lowest BCUT2D eigenvalue weighted by atomic mass is 10.2. The second-order valence-corrected chi connectivity index (χ2v) is 8.12. The molecule has 0 fully saturated rings. The van der Waals surface area contributed by atoms with Gasteiger partial charge in [0.1, 0.15) is 5.82 Å². The third-order valence-electron chi connectivity index (χ3n) is 4.83. The molecule has 2 aromatic carbocycles. The zero-order valence-corrected chi connectivity index (χ0v) is 17.0. The average molecular weight is 430 g/mol. The van der Waals surface area contributed by atoms with E-state index in [1.165, 1.54) is 16.3 Å². The van der Waals surface area contributed by atoms with Crippen molar-refractivity contribution in [3.05, 3.63) is 64.7 Å². The first-order valence-corrected chi connectivity index (χ1v) is 10.4. The highest BCUT2D eigenvalue weighted by atomic mass is 32.2. The fourth-order valence-corrected chi connectivity index (χ4v) is 4.47. The smallest absolute Gasteiger partial charge is 0.320 e. The van der Waals surface area contributed by atoms with Crippen molar-refractivity contribution >= 4 is 33.7 Å². The van der Waals surface area contributed by atoms with E-state index in [-0.39, 0.29) is 24.5 Å². The Morgan fingerprint density at radius 2 is 1.77 bits per heavy atom. The van der Waals surface area contributed by atoms with Crippen LogP contribution >= 0.6 is 11.8 Å². The van der Waals surface area contributed by atoms with Crippen LogP contribution in [0.15, 0.2) is 58.5 Å². The van der Waals surface area contributed by atoms with Crippen LogP contribution in [0.5, 0.6) is 0 Å². The molecule has 1 atom stereocenters. The number of aromatic nitrogens is 4. The van der Waals surface area contributed by atoms with E-state index in [9.17, 15) is 18.7 Å². The van der Waals surface area contributed by atoms with Gasteiger partial charge in [0.15, 0.2) is 5.16 Å². The number of imidazole rings is 1. The molecule has 2 heterocycles. The molecule has 0 unspecified atom stereocenters. The Balaban J connectivity index is 1.80. The number of halogens is 2. The van der Waals surface area contributed by atoms with Gasteiger partial charge in [-0.1, -0.05) is 36.0 Å². The van der Waals surface area contributed by atoms with Crippen LogP contribution in [0, 0.1) is 0 Å². The molecule has 0 aliphatic rings. The van der Waals surface area contributed by atoms with Gasteiger partial charge in [0, 0.05) is 13.2 Å². The van der Waals surface area contributed by atoms with Crippen LogP contribution in [-0.4, -0.2) is 30.8 Å².